The quantitative estimate of drug-likeness (QED) is 0.345. The molecular formula is C7H17NO4Si. The first-order valence-corrected chi connectivity index (χ1v) is 6.04. The first-order chi connectivity index (χ1) is 6.20. The second-order valence-corrected chi connectivity index (χ2v) is 4.58. The van der Waals surface area contributed by atoms with Gasteiger partial charge in [-0.25, -0.2) is 4.79 Å². The number of ether oxygens (including phenoxy) is 2. The first-order valence-electron chi connectivity index (χ1n) is 4.23. The monoisotopic (exact) mass is 207 g/mol. The van der Waals surface area contributed by atoms with Gasteiger partial charge in [0.05, 0.1) is 9.52 Å². The molecule has 0 saturated carbocycles. The lowest BCUT2D eigenvalue weighted by Crippen LogP contribution is -2.24. The zero-order valence-electron chi connectivity index (χ0n) is 8.08. The van der Waals surface area contributed by atoms with Crippen molar-refractivity contribution in [1.82, 2.24) is 5.32 Å². The van der Waals surface area contributed by atoms with Gasteiger partial charge in [0, 0.05) is 20.8 Å². The lowest BCUT2D eigenvalue weighted by Gasteiger charge is -2.11. The van der Waals surface area contributed by atoms with Gasteiger partial charge in [-0.1, -0.05) is 6.04 Å². The number of nitrogens with one attached hydrogen (secondary N) is 1. The maximum Gasteiger partial charge on any atom is 0.404 e. The van der Waals surface area contributed by atoms with E-state index in [0.29, 0.717) is 6.54 Å². The van der Waals surface area contributed by atoms with Gasteiger partial charge in [-0.05, 0) is 6.42 Å². The molecule has 1 amide bonds. The van der Waals surface area contributed by atoms with Crippen LogP contribution < -0.4 is 5.32 Å². The van der Waals surface area contributed by atoms with Crippen LogP contribution in [0.5, 0.6) is 0 Å². The van der Waals surface area contributed by atoms with Gasteiger partial charge in [0.2, 0.25) is 0 Å². The number of hydrogen-bond donors (Lipinski definition) is 2. The molecule has 5 nitrogen and oxygen atoms in total. The molecular weight excluding hydrogens is 190 g/mol. The summed E-state index contributed by atoms with van der Waals surface area (Å²) < 4.78 is 10.1. The zero-order valence-corrected chi connectivity index (χ0v) is 9.49. The van der Waals surface area contributed by atoms with E-state index < -0.39 is 15.6 Å². The summed E-state index contributed by atoms with van der Waals surface area (Å²) in [4.78, 5) is 10.1. The van der Waals surface area contributed by atoms with E-state index >= 15 is 0 Å². The minimum Gasteiger partial charge on any atom is -0.465 e. The predicted molar refractivity (Wildman–Crippen MR) is 51.8 cm³/mol. The third kappa shape index (κ3) is 7.76. The third-order valence-corrected chi connectivity index (χ3v) is 3.71. The van der Waals surface area contributed by atoms with E-state index in [9.17, 15) is 4.79 Å². The molecule has 0 radical (unpaired) electrons. The minimum atomic E-state index is -0.961. The van der Waals surface area contributed by atoms with Crippen molar-refractivity contribution in [2.24, 2.45) is 0 Å². The summed E-state index contributed by atoms with van der Waals surface area (Å²) in [5.74, 6) is -0.0372. The van der Waals surface area contributed by atoms with Crippen LogP contribution in [0.25, 0.3) is 0 Å². The molecule has 0 aromatic rings. The van der Waals surface area contributed by atoms with E-state index in [0.717, 1.165) is 12.5 Å². The zero-order chi connectivity index (χ0) is 10.1. The van der Waals surface area contributed by atoms with Crippen LogP contribution in [0.4, 0.5) is 4.79 Å². The van der Waals surface area contributed by atoms with Crippen LogP contribution in [-0.4, -0.2) is 47.4 Å². The SMILES string of the molecule is COC(OC)[SiH2]CCCNC(=O)O. The molecule has 78 valence electrons. The molecule has 0 rings (SSSR count). The van der Waals surface area contributed by atoms with E-state index in [1.165, 1.54) is 0 Å². The van der Waals surface area contributed by atoms with Crippen molar-refractivity contribution < 1.29 is 19.4 Å². The summed E-state index contributed by atoms with van der Waals surface area (Å²) in [6.07, 6.45) is -0.0985. The maximum absolute atomic E-state index is 10.1. The highest BCUT2D eigenvalue weighted by Gasteiger charge is 2.04. The molecule has 2 N–H and O–H groups in total. The molecule has 0 atom stereocenters. The van der Waals surface area contributed by atoms with Crippen molar-refractivity contribution >= 4 is 15.6 Å². The largest absolute Gasteiger partial charge is 0.465 e. The van der Waals surface area contributed by atoms with Crippen molar-refractivity contribution in [3.05, 3.63) is 0 Å². The standard InChI is InChI=1S/C7H17NO4Si/c1-11-7(12-2)13-5-3-4-8-6(9)10/h7-8H,3-5,13H2,1-2H3,(H,9,10). The second kappa shape index (κ2) is 8.03. The number of hydrogen-bond acceptors (Lipinski definition) is 3. The fourth-order valence-corrected chi connectivity index (χ4v) is 2.31. The van der Waals surface area contributed by atoms with Gasteiger partial charge in [-0.15, -0.1) is 0 Å². The Morgan fingerprint density at radius 3 is 2.62 bits per heavy atom. The van der Waals surface area contributed by atoms with Crippen LogP contribution >= 0.6 is 0 Å². The average Bonchev–Trinajstić information content (AvgIpc) is 2.11. The molecule has 0 aliphatic heterocycles. The van der Waals surface area contributed by atoms with Crippen LogP contribution in [0.2, 0.25) is 6.04 Å². The Kier molecular flexibility index (Phi) is 7.66. The number of methoxy groups -OCH3 is 2. The molecule has 0 bridgehead atoms. The van der Waals surface area contributed by atoms with Crippen molar-refractivity contribution in [3.63, 3.8) is 0 Å². The van der Waals surface area contributed by atoms with Gasteiger partial charge >= 0.3 is 6.09 Å². The molecule has 0 aromatic heterocycles. The minimum absolute atomic E-state index is 0.0372. The number of carbonyl (C=O) groups is 1. The summed E-state index contributed by atoms with van der Waals surface area (Å²) in [6, 6.07) is 1.02. The van der Waals surface area contributed by atoms with Crippen LogP contribution in [0.15, 0.2) is 0 Å². The van der Waals surface area contributed by atoms with Crippen molar-refractivity contribution in [2.45, 2.75) is 18.4 Å². The van der Waals surface area contributed by atoms with Gasteiger partial charge < -0.3 is 19.9 Å². The average molecular weight is 207 g/mol. The molecule has 0 saturated heterocycles. The fourth-order valence-electron chi connectivity index (χ4n) is 0.963. The Morgan fingerprint density at radius 1 is 1.54 bits per heavy atom. The lowest BCUT2D eigenvalue weighted by atomic mass is 10.5. The Hall–Kier alpha value is -0.593. The van der Waals surface area contributed by atoms with Gasteiger partial charge in [-0.2, -0.15) is 0 Å². The molecule has 13 heavy (non-hydrogen) atoms. The molecule has 0 unspecified atom stereocenters. The van der Waals surface area contributed by atoms with Gasteiger partial charge in [0.25, 0.3) is 0 Å². The van der Waals surface area contributed by atoms with E-state index in [1.807, 2.05) is 0 Å². The fraction of sp³-hybridized carbons (Fsp3) is 0.857. The van der Waals surface area contributed by atoms with Gasteiger partial charge in [-0.3, -0.25) is 0 Å². The normalized spacial score (nSPS) is 11.3. The van der Waals surface area contributed by atoms with Crippen LogP contribution in [-0.2, 0) is 9.47 Å². The molecule has 0 fully saturated rings. The van der Waals surface area contributed by atoms with E-state index in [1.54, 1.807) is 14.2 Å². The second-order valence-electron chi connectivity index (χ2n) is 2.63. The molecule has 0 aliphatic rings. The van der Waals surface area contributed by atoms with Gasteiger partial charge in [0.1, 0.15) is 5.91 Å². The molecule has 0 aromatic carbocycles. The predicted octanol–water partition coefficient (Wildman–Crippen LogP) is -0.192. The Balaban J connectivity index is 3.19. The molecule has 0 aliphatic carbocycles. The van der Waals surface area contributed by atoms with Crippen molar-refractivity contribution in [2.75, 3.05) is 20.8 Å². The summed E-state index contributed by atoms with van der Waals surface area (Å²) >= 11 is 0. The lowest BCUT2D eigenvalue weighted by molar-refractivity contribution is -0.0441. The summed E-state index contributed by atoms with van der Waals surface area (Å²) in [5, 5.41) is 10.6. The number of amides is 1. The smallest absolute Gasteiger partial charge is 0.404 e. The highest BCUT2D eigenvalue weighted by Crippen LogP contribution is 1.95. The van der Waals surface area contributed by atoms with Crippen LogP contribution in [0.1, 0.15) is 6.42 Å². The van der Waals surface area contributed by atoms with Crippen LogP contribution in [0.3, 0.4) is 0 Å². The topological polar surface area (TPSA) is 67.8 Å². The third-order valence-electron chi connectivity index (χ3n) is 1.67. The summed E-state index contributed by atoms with van der Waals surface area (Å²) in [7, 11) is 2.85. The molecule has 0 spiro atoms. The maximum atomic E-state index is 10.1. The number of carboxylic acid groups (broad SMARTS) is 1. The number of rotatable bonds is 7. The highest BCUT2D eigenvalue weighted by molar-refractivity contribution is 6.36. The van der Waals surface area contributed by atoms with E-state index in [2.05, 4.69) is 5.32 Å². The summed E-state index contributed by atoms with van der Waals surface area (Å²) in [6.45, 7) is 0.516. The van der Waals surface area contributed by atoms with Gasteiger partial charge in [0.15, 0.2) is 0 Å². The van der Waals surface area contributed by atoms with E-state index in [4.69, 9.17) is 14.6 Å². The molecule has 0 heterocycles. The highest BCUT2D eigenvalue weighted by atomic mass is 28.2. The first kappa shape index (κ1) is 12.4. The Labute approximate surface area is 80.2 Å². The molecule has 6 heteroatoms. The van der Waals surface area contributed by atoms with Crippen LogP contribution in [0, 0.1) is 0 Å². The Bertz CT molecular complexity index is 140. The Morgan fingerprint density at radius 2 is 2.15 bits per heavy atom. The van der Waals surface area contributed by atoms with E-state index in [-0.39, 0.29) is 5.91 Å². The van der Waals surface area contributed by atoms with Crippen molar-refractivity contribution in [1.29, 1.82) is 0 Å². The summed E-state index contributed by atoms with van der Waals surface area (Å²) in [5.41, 5.74) is 0. The van der Waals surface area contributed by atoms with Crippen molar-refractivity contribution in [3.8, 4) is 0 Å².